The summed E-state index contributed by atoms with van der Waals surface area (Å²) in [5.41, 5.74) is 0.641. The van der Waals surface area contributed by atoms with E-state index < -0.39 is 0 Å². The van der Waals surface area contributed by atoms with Gasteiger partial charge in [0.15, 0.2) is 5.82 Å². The standard InChI is InChI=1S/C21H24FN5O2S/c1-14-12-26(13-15(2)29-14)10-9-23-21(28)19-24-20(18-4-3-11-30-18)27(25-19)17-7-5-16(22)6-8-17/h3-8,11,14-15H,9-10,12-13H2,1-2H3,(H,23,28)/t14-,15-/m1/s1. The molecule has 0 saturated carbocycles. The Bertz CT molecular complexity index is 980. The first-order valence-corrected chi connectivity index (χ1v) is 10.8. The number of hydrogen-bond donors (Lipinski definition) is 1. The quantitative estimate of drug-likeness (QED) is 0.652. The van der Waals surface area contributed by atoms with E-state index in [4.69, 9.17) is 4.74 Å². The number of carbonyl (C=O) groups is 1. The minimum Gasteiger partial charge on any atom is -0.373 e. The van der Waals surface area contributed by atoms with E-state index in [1.165, 1.54) is 23.5 Å². The Morgan fingerprint density at radius 3 is 2.63 bits per heavy atom. The lowest BCUT2D eigenvalue weighted by Crippen LogP contribution is -2.47. The summed E-state index contributed by atoms with van der Waals surface area (Å²) >= 11 is 1.50. The fraction of sp³-hybridized carbons (Fsp3) is 0.381. The average molecular weight is 430 g/mol. The summed E-state index contributed by atoms with van der Waals surface area (Å²) in [5, 5.41) is 9.24. The molecule has 0 spiro atoms. The molecular formula is C21H24FN5O2S. The molecule has 2 atom stereocenters. The van der Waals surface area contributed by atoms with Gasteiger partial charge in [-0.2, -0.15) is 0 Å². The molecule has 158 valence electrons. The van der Waals surface area contributed by atoms with Crippen LogP contribution in [0.3, 0.4) is 0 Å². The zero-order valence-electron chi connectivity index (χ0n) is 16.9. The van der Waals surface area contributed by atoms with Crippen LogP contribution in [0.4, 0.5) is 4.39 Å². The second-order valence-corrected chi connectivity index (χ2v) is 8.35. The Kier molecular flexibility index (Phi) is 6.21. The second kappa shape index (κ2) is 9.03. The summed E-state index contributed by atoms with van der Waals surface area (Å²) in [7, 11) is 0. The van der Waals surface area contributed by atoms with E-state index in [1.807, 2.05) is 17.5 Å². The van der Waals surface area contributed by atoms with Crippen LogP contribution in [0.1, 0.15) is 24.5 Å². The molecule has 1 amide bonds. The molecule has 1 N–H and O–H groups in total. The molecule has 1 aliphatic heterocycles. The Labute approximate surface area is 178 Å². The first-order chi connectivity index (χ1) is 14.5. The number of morpholine rings is 1. The fourth-order valence-corrected chi connectivity index (χ4v) is 4.31. The molecule has 1 fully saturated rings. The normalized spacial score (nSPS) is 19.7. The highest BCUT2D eigenvalue weighted by atomic mass is 32.1. The van der Waals surface area contributed by atoms with E-state index in [1.54, 1.807) is 16.8 Å². The maximum absolute atomic E-state index is 13.3. The third-order valence-electron chi connectivity index (χ3n) is 4.83. The van der Waals surface area contributed by atoms with Crippen molar-refractivity contribution in [3.63, 3.8) is 0 Å². The number of ether oxygens (including phenoxy) is 1. The van der Waals surface area contributed by atoms with Crippen molar-refractivity contribution in [3.8, 4) is 16.4 Å². The summed E-state index contributed by atoms with van der Waals surface area (Å²) < 4.78 is 20.6. The molecule has 2 aromatic heterocycles. The largest absolute Gasteiger partial charge is 0.373 e. The van der Waals surface area contributed by atoms with Gasteiger partial charge in [-0.3, -0.25) is 9.69 Å². The third kappa shape index (κ3) is 4.75. The summed E-state index contributed by atoms with van der Waals surface area (Å²) in [4.78, 5) is 20.3. The second-order valence-electron chi connectivity index (χ2n) is 7.40. The molecule has 1 aliphatic rings. The van der Waals surface area contributed by atoms with Crippen LogP contribution in [-0.4, -0.2) is 64.0 Å². The summed E-state index contributed by atoms with van der Waals surface area (Å²) in [6, 6.07) is 9.77. The molecule has 0 aliphatic carbocycles. The smallest absolute Gasteiger partial charge is 0.291 e. The van der Waals surface area contributed by atoms with Crippen molar-refractivity contribution in [2.75, 3.05) is 26.2 Å². The monoisotopic (exact) mass is 429 g/mol. The summed E-state index contributed by atoms with van der Waals surface area (Å²) in [5.74, 6) is -0.0201. The molecular weight excluding hydrogens is 405 g/mol. The number of nitrogens with one attached hydrogen (secondary N) is 1. The van der Waals surface area contributed by atoms with Crippen LogP contribution in [0.5, 0.6) is 0 Å². The number of amides is 1. The van der Waals surface area contributed by atoms with Crippen LogP contribution in [0.25, 0.3) is 16.4 Å². The molecule has 0 radical (unpaired) electrons. The number of hydrogen-bond acceptors (Lipinski definition) is 6. The lowest BCUT2D eigenvalue weighted by molar-refractivity contribution is -0.0672. The van der Waals surface area contributed by atoms with E-state index in [-0.39, 0.29) is 29.8 Å². The Balaban J connectivity index is 1.47. The first kappa shape index (κ1) is 20.6. The number of aromatic nitrogens is 3. The van der Waals surface area contributed by atoms with E-state index in [0.29, 0.717) is 18.1 Å². The van der Waals surface area contributed by atoms with Crippen LogP contribution >= 0.6 is 11.3 Å². The number of halogens is 1. The van der Waals surface area contributed by atoms with Crippen LogP contribution < -0.4 is 5.32 Å². The molecule has 30 heavy (non-hydrogen) atoms. The molecule has 9 heteroatoms. The lowest BCUT2D eigenvalue weighted by atomic mass is 10.2. The van der Waals surface area contributed by atoms with Gasteiger partial charge in [0.1, 0.15) is 5.82 Å². The van der Waals surface area contributed by atoms with Crippen molar-refractivity contribution in [2.45, 2.75) is 26.1 Å². The van der Waals surface area contributed by atoms with Crippen molar-refractivity contribution >= 4 is 17.2 Å². The van der Waals surface area contributed by atoms with Crippen LogP contribution in [0, 0.1) is 5.82 Å². The maximum atomic E-state index is 13.3. The fourth-order valence-electron chi connectivity index (χ4n) is 3.61. The van der Waals surface area contributed by atoms with Gasteiger partial charge < -0.3 is 10.1 Å². The third-order valence-corrected chi connectivity index (χ3v) is 5.70. The van der Waals surface area contributed by atoms with Crippen LogP contribution in [-0.2, 0) is 4.74 Å². The highest BCUT2D eigenvalue weighted by molar-refractivity contribution is 7.13. The predicted octanol–water partition coefficient (Wildman–Crippen LogP) is 2.97. The average Bonchev–Trinajstić information content (AvgIpc) is 3.37. The van der Waals surface area contributed by atoms with Crippen molar-refractivity contribution in [1.82, 2.24) is 25.0 Å². The van der Waals surface area contributed by atoms with Crippen LogP contribution in [0.2, 0.25) is 0 Å². The Morgan fingerprint density at radius 1 is 1.23 bits per heavy atom. The van der Waals surface area contributed by atoms with Gasteiger partial charge in [0.25, 0.3) is 5.91 Å². The van der Waals surface area contributed by atoms with Gasteiger partial charge in [0.05, 0.1) is 22.8 Å². The minimum atomic E-state index is -0.332. The van der Waals surface area contributed by atoms with Gasteiger partial charge in [0, 0.05) is 26.2 Å². The molecule has 0 bridgehead atoms. The SMILES string of the molecule is C[C@@H]1CN(CCNC(=O)c2nc(-c3cccs3)n(-c3ccc(F)cc3)n2)C[C@@H](C)O1. The Hall–Kier alpha value is -2.62. The molecule has 3 aromatic rings. The number of nitrogens with zero attached hydrogens (tertiary/aromatic N) is 4. The van der Waals surface area contributed by atoms with E-state index in [2.05, 4.69) is 34.1 Å². The van der Waals surface area contributed by atoms with Gasteiger partial charge in [-0.1, -0.05) is 6.07 Å². The van der Waals surface area contributed by atoms with Crippen molar-refractivity contribution < 1.29 is 13.9 Å². The van der Waals surface area contributed by atoms with Crippen LogP contribution in [0.15, 0.2) is 41.8 Å². The van der Waals surface area contributed by atoms with E-state index in [9.17, 15) is 9.18 Å². The van der Waals surface area contributed by atoms with Gasteiger partial charge in [-0.25, -0.2) is 14.1 Å². The number of rotatable bonds is 6. The minimum absolute atomic E-state index is 0.0893. The van der Waals surface area contributed by atoms with E-state index >= 15 is 0 Å². The van der Waals surface area contributed by atoms with Gasteiger partial charge in [0.2, 0.25) is 5.82 Å². The van der Waals surface area contributed by atoms with Gasteiger partial charge in [-0.05, 0) is 49.6 Å². The van der Waals surface area contributed by atoms with Gasteiger partial charge >= 0.3 is 0 Å². The predicted molar refractivity (Wildman–Crippen MR) is 113 cm³/mol. The number of carbonyl (C=O) groups excluding carboxylic acids is 1. The maximum Gasteiger partial charge on any atom is 0.291 e. The zero-order chi connectivity index (χ0) is 21.1. The van der Waals surface area contributed by atoms with Crippen molar-refractivity contribution in [1.29, 1.82) is 0 Å². The Morgan fingerprint density at radius 2 is 1.97 bits per heavy atom. The molecule has 1 aromatic carbocycles. The lowest BCUT2D eigenvalue weighted by Gasteiger charge is -2.35. The van der Waals surface area contributed by atoms with Crippen molar-refractivity contribution in [2.24, 2.45) is 0 Å². The zero-order valence-corrected chi connectivity index (χ0v) is 17.7. The van der Waals surface area contributed by atoms with Gasteiger partial charge in [-0.15, -0.1) is 16.4 Å². The van der Waals surface area contributed by atoms with E-state index in [0.717, 1.165) is 24.5 Å². The highest BCUT2D eigenvalue weighted by Gasteiger charge is 2.23. The molecule has 1 saturated heterocycles. The molecule has 0 unspecified atom stereocenters. The van der Waals surface area contributed by atoms with Crippen molar-refractivity contribution in [3.05, 3.63) is 53.4 Å². The molecule has 7 nitrogen and oxygen atoms in total. The summed E-state index contributed by atoms with van der Waals surface area (Å²) in [6.45, 7) is 7.04. The first-order valence-electron chi connectivity index (χ1n) is 9.92. The number of thiophene rings is 1. The summed E-state index contributed by atoms with van der Waals surface area (Å²) in [6.07, 6.45) is 0.372. The molecule has 3 heterocycles. The highest BCUT2D eigenvalue weighted by Crippen LogP contribution is 2.25. The molecule has 4 rings (SSSR count). The topological polar surface area (TPSA) is 72.3 Å². The number of benzene rings is 1.